The van der Waals surface area contributed by atoms with Gasteiger partial charge >= 0.3 is 0 Å². The van der Waals surface area contributed by atoms with Gasteiger partial charge in [-0.25, -0.2) is 0 Å². The van der Waals surface area contributed by atoms with Crippen LogP contribution in [0.3, 0.4) is 0 Å². The van der Waals surface area contributed by atoms with Crippen molar-refractivity contribution in [2.45, 2.75) is 59.5 Å². The zero-order chi connectivity index (χ0) is 15.9. The largest absolute Gasteiger partial charge is 0.393 e. The van der Waals surface area contributed by atoms with Gasteiger partial charge in [0.2, 0.25) is 5.91 Å². The maximum absolute atomic E-state index is 11.9. The zero-order valence-electron chi connectivity index (χ0n) is 13.8. The number of carbonyl (C=O) groups is 1. The van der Waals surface area contributed by atoms with E-state index in [2.05, 4.69) is 50.4 Å². The van der Waals surface area contributed by atoms with E-state index in [4.69, 9.17) is 0 Å². The lowest BCUT2D eigenvalue weighted by Gasteiger charge is -2.26. The number of carbonyl (C=O) groups excluding carboxylic acids is 1. The van der Waals surface area contributed by atoms with E-state index in [1.165, 1.54) is 11.1 Å². The summed E-state index contributed by atoms with van der Waals surface area (Å²) in [6.45, 7) is 8.64. The molecule has 0 saturated carbocycles. The van der Waals surface area contributed by atoms with E-state index in [0.29, 0.717) is 19.4 Å². The van der Waals surface area contributed by atoms with Crippen molar-refractivity contribution in [2.24, 2.45) is 5.41 Å². The Morgan fingerprint density at radius 1 is 1.24 bits per heavy atom. The molecule has 0 heterocycles. The number of amides is 1. The van der Waals surface area contributed by atoms with E-state index in [9.17, 15) is 9.90 Å². The molecule has 1 rings (SSSR count). The molecule has 1 amide bonds. The normalized spacial score (nSPS) is 13.0. The van der Waals surface area contributed by atoms with Crippen molar-refractivity contribution < 1.29 is 9.90 Å². The highest BCUT2D eigenvalue weighted by atomic mass is 16.3. The second-order valence-electron chi connectivity index (χ2n) is 6.66. The number of aliphatic hydroxyl groups is 1. The fourth-order valence-electron chi connectivity index (χ4n) is 2.50. The van der Waals surface area contributed by atoms with Crippen LogP contribution >= 0.6 is 0 Å². The van der Waals surface area contributed by atoms with E-state index in [-0.39, 0.29) is 17.4 Å². The van der Waals surface area contributed by atoms with Gasteiger partial charge in [-0.3, -0.25) is 4.79 Å². The smallest absolute Gasteiger partial charge is 0.220 e. The van der Waals surface area contributed by atoms with Crippen LogP contribution in [0.4, 0.5) is 0 Å². The molecule has 0 aliphatic carbocycles. The quantitative estimate of drug-likeness (QED) is 0.773. The number of hydrogen-bond acceptors (Lipinski definition) is 2. The van der Waals surface area contributed by atoms with Gasteiger partial charge in [-0.2, -0.15) is 0 Å². The summed E-state index contributed by atoms with van der Waals surface area (Å²) in [5.41, 5.74) is 2.45. The Bertz CT molecular complexity index is 435. The van der Waals surface area contributed by atoms with E-state index >= 15 is 0 Å². The number of hydrogen-bond donors (Lipinski definition) is 2. The standard InChI is InChI=1S/C18H29NO2/c1-5-15-6-8-16(9-7-15)10-11-17(21)19-13-18(3,4)12-14(2)20/h6-9,14,20H,5,10-13H2,1-4H3,(H,19,21). The monoisotopic (exact) mass is 291 g/mol. The fourth-order valence-corrected chi connectivity index (χ4v) is 2.50. The molecule has 1 unspecified atom stereocenters. The second kappa shape index (κ2) is 8.18. The summed E-state index contributed by atoms with van der Waals surface area (Å²) in [6, 6.07) is 8.45. The first-order valence-electron chi connectivity index (χ1n) is 7.85. The Morgan fingerprint density at radius 3 is 2.33 bits per heavy atom. The third-order valence-electron chi connectivity index (χ3n) is 3.68. The Balaban J connectivity index is 2.33. The van der Waals surface area contributed by atoms with Gasteiger partial charge < -0.3 is 10.4 Å². The van der Waals surface area contributed by atoms with Crippen LogP contribution in [0.15, 0.2) is 24.3 Å². The predicted molar refractivity (Wildman–Crippen MR) is 87.2 cm³/mol. The molecular formula is C18H29NO2. The molecule has 0 saturated heterocycles. The number of nitrogens with one attached hydrogen (secondary N) is 1. The maximum atomic E-state index is 11.9. The van der Waals surface area contributed by atoms with E-state index < -0.39 is 0 Å². The van der Waals surface area contributed by atoms with Gasteiger partial charge in [-0.05, 0) is 42.7 Å². The maximum Gasteiger partial charge on any atom is 0.220 e. The minimum absolute atomic E-state index is 0.0768. The van der Waals surface area contributed by atoms with Gasteiger partial charge in [0.15, 0.2) is 0 Å². The van der Waals surface area contributed by atoms with E-state index in [1.807, 2.05) is 0 Å². The molecule has 1 atom stereocenters. The highest BCUT2D eigenvalue weighted by Crippen LogP contribution is 2.21. The highest BCUT2D eigenvalue weighted by Gasteiger charge is 2.20. The third kappa shape index (κ3) is 7.28. The van der Waals surface area contributed by atoms with Crippen LogP contribution < -0.4 is 5.32 Å². The first kappa shape index (κ1) is 17.7. The summed E-state index contributed by atoms with van der Waals surface area (Å²) in [7, 11) is 0. The van der Waals surface area contributed by atoms with Crippen molar-refractivity contribution in [3.05, 3.63) is 35.4 Å². The Hall–Kier alpha value is -1.35. The van der Waals surface area contributed by atoms with Crippen LogP contribution in [0.5, 0.6) is 0 Å². The molecule has 0 bridgehead atoms. The van der Waals surface area contributed by atoms with Crippen molar-refractivity contribution >= 4 is 5.91 Å². The Morgan fingerprint density at radius 2 is 1.81 bits per heavy atom. The molecule has 3 heteroatoms. The van der Waals surface area contributed by atoms with E-state index in [0.717, 1.165) is 12.8 Å². The fraction of sp³-hybridized carbons (Fsp3) is 0.611. The summed E-state index contributed by atoms with van der Waals surface area (Å²) in [6.07, 6.45) is 2.67. The summed E-state index contributed by atoms with van der Waals surface area (Å²) in [5, 5.41) is 12.4. The second-order valence-corrected chi connectivity index (χ2v) is 6.66. The van der Waals surface area contributed by atoms with Crippen molar-refractivity contribution in [1.82, 2.24) is 5.32 Å². The lowest BCUT2D eigenvalue weighted by Crippen LogP contribution is -2.35. The summed E-state index contributed by atoms with van der Waals surface area (Å²) in [4.78, 5) is 11.9. The van der Waals surface area contributed by atoms with Gasteiger partial charge in [0, 0.05) is 13.0 Å². The van der Waals surface area contributed by atoms with Crippen molar-refractivity contribution in [1.29, 1.82) is 0 Å². The summed E-state index contributed by atoms with van der Waals surface area (Å²) < 4.78 is 0. The molecule has 0 fully saturated rings. The third-order valence-corrected chi connectivity index (χ3v) is 3.68. The average molecular weight is 291 g/mol. The minimum atomic E-state index is -0.339. The van der Waals surface area contributed by atoms with Gasteiger partial charge in [0.1, 0.15) is 0 Å². The van der Waals surface area contributed by atoms with Crippen LogP contribution in [0, 0.1) is 5.41 Å². The average Bonchev–Trinajstić information content (AvgIpc) is 2.42. The van der Waals surface area contributed by atoms with Crippen LogP contribution in [0.25, 0.3) is 0 Å². The number of aryl methyl sites for hydroxylation is 2. The van der Waals surface area contributed by atoms with Crippen molar-refractivity contribution in [3.63, 3.8) is 0 Å². The van der Waals surface area contributed by atoms with Gasteiger partial charge in [-0.15, -0.1) is 0 Å². The molecule has 0 radical (unpaired) electrons. The molecule has 2 N–H and O–H groups in total. The van der Waals surface area contributed by atoms with Crippen LogP contribution in [0.1, 0.15) is 51.7 Å². The summed E-state index contributed by atoms with van der Waals surface area (Å²) in [5.74, 6) is 0.0771. The molecular weight excluding hydrogens is 262 g/mol. The number of aliphatic hydroxyl groups excluding tert-OH is 1. The van der Waals surface area contributed by atoms with Gasteiger partial charge in [0.05, 0.1) is 6.10 Å². The topological polar surface area (TPSA) is 49.3 Å². The SMILES string of the molecule is CCc1ccc(CCC(=O)NCC(C)(C)CC(C)O)cc1. The Labute approximate surface area is 128 Å². The Kier molecular flexibility index (Phi) is 6.90. The lowest BCUT2D eigenvalue weighted by molar-refractivity contribution is -0.121. The van der Waals surface area contributed by atoms with Crippen molar-refractivity contribution in [2.75, 3.05) is 6.54 Å². The molecule has 21 heavy (non-hydrogen) atoms. The zero-order valence-corrected chi connectivity index (χ0v) is 13.8. The predicted octanol–water partition coefficient (Wildman–Crippen LogP) is 3.09. The molecule has 1 aromatic rings. The first-order valence-corrected chi connectivity index (χ1v) is 7.85. The molecule has 3 nitrogen and oxygen atoms in total. The van der Waals surface area contributed by atoms with Crippen molar-refractivity contribution in [3.8, 4) is 0 Å². The molecule has 118 valence electrons. The van der Waals surface area contributed by atoms with Gasteiger partial charge in [0.25, 0.3) is 0 Å². The molecule has 0 aliphatic rings. The van der Waals surface area contributed by atoms with Gasteiger partial charge in [-0.1, -0.05) is 45.0 Å². The van der Waals surface area contributed by atoms with E-state index in [1.54, 1.807) is 6.92 Å². The molecule has 0 aliphatic heterocycles. The minimum Gasteiger partial charge on any atom is -0.393 e. The number of rotatable bonds is 8. The summed E-state index contributed by atoms with van der Waals surface area (Å²) >= 11 is 0. The molecule has 0 spiro atoms. The van der Waals surface area contributed by atoms with Crippen LogP contribution in [-0.2, 0) is 17.6 Å². The molecule has 1 aromatic carbocycles. The molecule has 0 aromatic heterocycles. The first-order chi connectivity index (χ1) is 9.82. The van der Waals surface area contributed by atoms with Crippen LogP contribution in [0.2, 0.25) is 0 Å². The lowest BCUT2D eigenvalue weighted by atomic mass is 9.87. The number of benzene rings is 1. The highest BCUT2D eigenvalue weighted by molar-refractivity contribution is 5.76. The van der Waals surface area contributed by atoms with Crippen LogP contribution in [-0.4, -0.2) is 23.7 Å².